The Morgan fingerprint density at radius 2 is 1.93 bits per heavy atom. The number of hydrogen-bond donors (Lipinski definition) is 2. The summed E-state index contributed by atoms with van der Waals surface area (Å²) < 4.78 is 0. The van der Waals surface area contributed by atoms with Crippen molar-refractivity contribution in [2.75, 3.05) is 37.6 Å². The minimum atomic E-state index is -0.103. The number of anilines is 1. The number of rotatable bonds is 6. The number of carbonyl (C=O) groups is 2. The lowest BCUT2D eigenvalue weighted by molar-refractivity contribution is -0.131. The molecule has 162 valence electrons. The Kier molecular flexibility index (Phi) is 6.99. The van der Waals surface area contributed by atoms with Gasteiger partial charge in [0.25, 0.3) is 0 Å². The predicted molar refractivity (Wildman–Crippen MR) is 119 cm³/mol. The number of pyridine rings is 1. The molecule has 0 atom stereocenters. The molecule has 0 unspecified atom stereocenters. The first-order chi connectivity index (χ1) is 14.7. The summed E-state index contributed by atoms with van der Waals surface area (Å²) >= 11 is 1.60. The van der Waals surface area contributed by atoms with Crippen LogP contribution in [0.1, 0.15) is 44.9 Å². The fourth-order valence-electron chi connectivity index (χ4n) is 4.12. The first kappa shape index (κ1) is 20.8. The lowest BCUT2D eigenvalue weighted by Gasteiger charge is -2.34. The van der Waals surface area contributed by atoms with Crippen molar-refractivity contribution in [2.24, 2.45) is 0 Å². The highest BCUT2D eigenvalue weighted by atomic mass is 32.1. The summed E-state index contributed by atoms with van der Waals surface area (Å²) in [6.45, 7) is 3.51. The fraction of sp³-hybridized carbons (Fsp3) is 0.619. The zero-order valence-corrected chi connectivity index (χ0v) is 18.1. The number of carbonyl (C=O) groups excluding carboxylic acids is 2. The lowest BCUT2D eigenvalue weighted by Crippen LogP contribution is -2.49. The SMILES string of the molecule is O=C(NCCCC(=O)N1CCN(c2nc3cccnc3s2)CC1)NC1CCCCC1. The molecule has 1 aliphatic carbocycles. The van der Waals surface area contributed by atoms with E-state index in [1.807, 2.05) is 17.0 Å². The van der Waals surface area contributed by atoms with E-state index >= 15 is 0 Å². The summed E-state index contributed by atoms with van der Waals surface area (Å²) in [5.41, 5.74) is 0.927. The smallest absolute Gasteiger partial charge is 0.315 e. The summed E-state index contributed by atoms with van der Waals surface area (Å²) in [7, 11) is 0. The standard InChI is InChI=1S/C21H30N6O2S/c28-18(9-5-11-23-20(29)24-16-6-2-1-3-7-16)26-12-14-27(15-13-26)21-25-17-8-4-10-22-19(17)30-21/h4,8,10,16H,1-3,5-7,9,11-15H2,(H2,23,24,29). The number of aromatic nitrogens is 2. The van der Waals surface area contributed by atoms with E-state index in [1.165, 1.54) is 19.3 Å². The quantitative estimate of drug-likeness (QED) is 0.688. The van der Waals surface area contributed by atoms with Crippen LogP contribution in [-0.2, 0) is 4.79 Å². The van der Waals surface area contributed by atoms with Crippen LogP contribution in [-0.4, -0.2) is 65.6 Å². The molecule has 3 heterocycles. The van der Waals surface area contributed by atoms with Crippen molar-refractivity contribution < 1.29 is 9.59 Å². The third kappa shape index (κ3) is 5.38. The zero-order valence-electron chi connectivity index (χ0n) is 17.3. The van der Waals surface area contributed by atoms with Gasteiger partial charge in [0.2, 0.25) is 5.91 Å². The number of thiazole rings is 1. The Balaban J connectivity index is 1.13. The molecule has 1 aliphatic heterocycles. The van der Waals surface area contributed by atoms with Gasteiger partial charge in [0.05, 0.1) is 0 Å². The highest BCUT2D eigenvalue weighted by Gasteiger charge is 2.23. The molecule has 0 aromatic carbocycles. The van der Waals surface area contributed by atoms with E-state index < -0.39 is 0 Å². The highest BCUT2D eigenvalue weighted by Crippen LogP contribution is 2.27. The Labute approximate surface area is 181 Å². The van der Waals surface area contributed by atoms with Crippen molar-refractivity contribution in [3.8, 4) is 0 Å². The number of piperazine rings is 1. The molecule has 3 amide bonds. The van der Waals surface area contributed by atoms with Gasteiger partial charge in [-0.1, -0.05) is 30.6 Å². The van der Waals surface area contributed by atoms with Crippen LogP contribution >= 0.6 is 11.3 Å². The topological polar surface area (TPSA) is 90.5 Å². The minimum absolute atomic E-state index is 0.103. The Morgan fingerprint density at radius 1 is 1.13 bits per heavy atom. The molecular weight excluding hydrogens is 400 g/mol. The van der Waals surface area contributed by atoms with Crippen molar-refractivity contribution >= 4 is 38.8 Å². The van der Waals surface area contributed by atoms with Crippen LogP contribution in [0.2, 0.25) is 0 Å². The third-order valence-electron chi connectivity index (χ3n) is 5.85. The molecule has 1 saturated carbocycles. The summed E-state index contributed by atoms with van der Waals surface area (Å²) in [6.07, 6.45) is 8.74. The summed E-state index contributed by atoms with van der Waals surface area (Å²) in [5.74, 6) is 0.162. The average Bonchev–Trinajstić information content (AvgIpc) is 3.22. The number of amides is 3. The van der Waals surface area contributed by atoms with Gasteiger partial charge in [0, 0.05) is 51.4 Å². The molecule has 2 N–H and O–H groups in total. The maximum absolute atomic E-state index is 12.5. The van der Waals surface area contributed by atoms with Crippen molar-refractivity contribution in [1.82, 2.24) is 25.5 Å². The van der Waals surface area contributed by atoms with E-state index in [0.717, 1.165) is 41.4 Å². The van der Waals surface area contributed by atoms with Gasteiger partial charge in [-0.2, -0.15) is 0 Å². The second-order valence-electron chi connectivity index (χ2n) is 8.03. The van der Waals surface area contributed by atoms with E-state index in [1.54, 1.807) is 17.5 Å². The molecule has 0 bridgehead atoms. The second-order valence-corrected chi connectivity index (χ2v) is 8.99. The molecule has 2 aliphatic rings. The van der Waals surface area contributed by atoms with E-state index in [2.05, 4.69) is 25.5 Å². The summed E-state index contributed by atoms with van der Waals surface area (Å²) in [6, 6.07) is 4.08. The maximum Gasteiger partial charge on any atom is 0.315 e. The molecule has 30 heavy (non-hydrogen) atoms. The van der Waals surface area contributed by atoms with Gasteiger partial charge in [-0.15, -0.1) is 0 Å². The molecular formula is C21H30N6O2S. The zero-order chi connectivity index (χ0) is 20.8. The second kappa shape index (κ2) is 10.1. The molecule has 2 aromatic rings. The first-order valence-corrected chi connectivity index (χ1v) is 11.8. The lowest BCUT2D eigenvalue weighted by atomic mass is 9.96. The largest absolute Gasteiger partial charge is 0.344 e. The summed E-state index contributed by atoms with van der Waals surface area (Å²) in [5, 5.41) is 6.90. The molecule has 0 radical (unpaired) electrons. The van der Waals surface area contributed by atoms with Crippen LogP contribution in [0.4, 0.5) is 9.93 Å². The number of nitrogens with one attached hydrogen (secondary N) is 2. The van der Waals surface area contributed by atoms with Gasteiger partial charge in [0.1, 0.15) is 10.3 Å². The van der Waals surface area contributed by atoms with Gasteiger partial charge in [-0.05, 0) is 31.4 Å². The van der Waals surface area contributed by atoms with E-state index in [9.17, 15) is 9.59 Å². The van der Waals surface area contributed by atoms with Crippen molar-refractivity contribution in [2.45, 2.75) is 51.0 Å². The monoisotopic (exact) mass is 430 g/mol. The van der Waals surface area contributed by atoms with Gasteiger partial charge < -0.3 is 20.4 Å². The number of urea groups is 1. The Morgan fingerprint density at radius 3 is 2.70 bits per heavy atom. The van der Waals surface area contributed by atoms with E-state index in [4.69, 9.17) is 0 Å². The molecule has 4 rings (SSSR count). The van der Waals surface area contributed by atoms with Crippen LogP contribution in [0, 0.1) is 0 Å². The van der Waals surface area contributed by atoms with Crippen LogP contribution < -0.4 is 15.5 Å². The van der Waals surface area contributed by atoms with E-state index in [0.29, 0.717) is 38.5 Å². The fourth-order valence-corrected chi connectivity index (χ4v) is 5.08. The van der Waals surface area contributed by atoms with Crippen LogP contribution in [0.3, 0.4) is 0 Å². The number of nitrogens with zero attached hydrogens (tertiary/aromatic N) is 4. The highest BCUT2D eigenvalue weighted by molar-refractivity contribution is 7.21. The Bertz CT molecular complexity index is 825. The van der Waals surface area contributed by atoms with Crippen LogP contribution in [0.5, 0.6) is 0 Å². The molecule has 9 heteroatoms. The van der Waals surface area contributed by atoms with Crippen molar-refractivity contribution in [3.63, 3.8) is 0 Å². The molecule has 8 nitrogen and oxygen atoms in total. The average molecular weight is 431 g/mol. The van der Waals surface area contributed by atoms with Crippen LogP contribution in [0.15, 0.2) is 18.3 Å². The normalized spacial score (nSPS) is 17.9. The van der Waals surface area contributed by atoms with Gasteiger partial charge in [-0.3, -0.25) is 4.79 Å². The molecule has 0 spiro atoms. The molecule has 2 aromatic heterocycles. The molecule has 1 saturated heterocycles. The number of fused-ring (bicyclic) bond motifs is 1. The number of hydrogen-bond acceptors (Lipinski definition) is 6. The third-order valence-corrected chi connectivity index (χ3v) is 6.89. The molecule has 2 fully saturated rings. The first-order valence-electron chi connectivity index (χ1n) is 11.0. The van der Waals surface area contributed by atoms with Crippen molar-refractivity contribution in [3.05, 3.63) is 18.3 Å². The predicted octanol–water partition coefficient (Wildman–Crippen LogP) is 2.75. The van der Waals surface area contributed by atoms with Crippen LogP contribution in [0.25, 0.3) is 10.3 Å². The Hall–Kier alpha value is -2.42. The van der Waals surface area contributed by atoms with E-state index in [-0.39, 0.29) is 11.9 Å². The van der Waals surface area contributed by atoms with Crippen molar-refractivity contribution in [1.29, 1.82) is 0 Å². The van der Waals surface area contributed by atoms with Gasteiger partial charge >= 0.3 is 6.03 Å². The van der Waals surface area contributed by atoms with Gasteiger partial charge in [0.15, 0.2) is 5.13 Å². The maximum atomic E-state index is 12.5. The van der Waals surface area contributed by atoms with Gasteiger partial charge in [-0.25, -0.2) is 14.8 Å². The summed E-state index contributed by atoms with van der Waals surface area (Å²) in [4.78, 5) is 38.6. The minimum Gasteiger partial charge on any atom is -0.344 e.